The van der Waals surface area contributed by atoms with Crippen molar-refractivity contribution in [3.8, 4) is 0 Å². The first-order chi connectivity index (χ1) is 10.2. The Kier molecular flexibility index (Phi) is 6.18. The minimum absolute atomic E-state index is 0.0811. The van der Waals surface area contributed by atoms with Gasteiger partial charge in [0.15, 0.2) is 0 Å². The van der Waals surface area contributed by atoms with Crippen LogP contribution in [0.2, 0.25) is 5.02 Å². The summed E-state index contributed by atoms with van der Waals surface area (Å²) in [5, 5.41) is 0.735. The molecule has 0 saturated heterocycles. The lowest BCUT2D eigenvalue weighted by atomic mass is 10.0. The Labute approximate surface area is 139 Å². The molecule has 1 aromatic heterocycles. The van der Waals surface area contributed by atoms with E-state index in [1.165, 1.54) is 0 Å². The fraction of sp³-hybridized carbons (Fsp3) is 0.312. The number of hydrogen-bond acceptors (Lipinski definition) is 3. The second kappa shape index (κ2) is 7.90. The summed E-state index contributed by atoms with van der Waals surface area (Å²) in [6, 6.07) is 12.0. The van der Waals surface area contributed by atoms with Crippen LogP contribution < -0.4 is 5.73 Å². The maximum Gasteiger partial charge on any atom is 0.0544 e. The van der Waals surface area contributed by atoms with Crippen molar-refractivity contribution in [2.75, 3.05) is 13.1 Å². The summed E-state index contributed by atoms with van der Waals surface area (Å²) in [6.45, 7) is 4.27. The van der Waals surface area contributed by atoms with Gasteiger partial charge in [-0.3, -0.25) is 9.88 Å². The molecule has 112 valence electrons. The highest BCUT2D eigenvalue weighted by atomic mass is 79.9. The predicted octanol–water partition coefficient (Wildman–Crippen LogP) is 4.02. The zero-order chi connectivity index (χ0) is 15.2. The van der Waals surface area contributed by atoms with E-state index in [0.717, 1.165) is 33.8 Å². The number of nitrogens with two attached hydrogens (primary N) is 1. The minimum atomic E-state index is 0.0811. The third kappa shape index (κ3) is 4.27. The van der Waals surface area contributed by atoms with E-state index in [9.17, 15) is 0 Å². The number of benzene rings is 1. The second-order valence-corrected chi connectivity index (χ2v) is 6.12. The highest BCUT2D eigenvalue weighted by Gasteiger charge is 2.20. The summed E-state index contributed by atoms with van der Waals surface area (Å²) in [4.78, 5) is 6.68. The number of likely N-dealkylation sites (N-methyl/N-ethyl adjacent to an activating group) is 1. The van der Waals surface area contributed by atoms with E-state index in [0.29, 0.717) is 6.54 Å². The number of pyridine rings is 1. The van der Waals surface area contributed by atoms with Crippen LogP contribution in [0.1, 0.15) is 24.2 Å². The van der Waals surface area contributed by atoms with Gasteiger partial charge in [-0.05, 0) is 36.4 Å². The first kappa shape index (κ1) is 16.4. The summed E-state index contributed by atoms with van der Waals surface area (Å²) < 4.78 is 0.972. The van der Waals surface area contributed by atoms with E-state index >= 15 is 0 Å². The van der Waals surface area contributed by atoms with Crippen LogP contribution >= 0.6 is 27.5 Å². The molecule has 5 heteroatoms. The van der Waals surface area contributed by atoms with Gasteiger partial charge in [0.1, 0.15) is 0 Å². The number of nitrogens with zero attached hydrogens (tertiary/aromatic N) is 2. The van der Waals surface area contributed by atoms with Gasteiger partial charge in [-0.15, -0.1) is 0 Å². The van der Waals surface area contributed by atoms with Crippen molar-refractivity contribution in [3.05, 3.63) is 63.3 Å². The largest absolute Gasteiger partial charge is 0.329 e. The molecule has 0 aliphatic carbocycles. The Bertz CT molecular complexity index is 577. The van der Waals surface area contributed by atoms with Gasteiger partial charge >= 0.3 is 0 Å². The average Bonchev–Trinajstić information content (AvgIpc) is 2.49. The van der Waals surface area contributed by atoms with Gasteiger partial charge in [0.2, 0.25) is 0 Å². The zero-order valence-corrected chi connectivity index (χ0v) is 14.3. The Hall–Kier alpha value is -0.940. The molecule has 1 unspecified atom stereocenters. The molecule has 1 heterocycles. The average molecular weight is 369 g/mol. The van der Waals surface area contributed by atoms with E-state index < -0.39 is 0 Å². The Balaban J connectivity index is 2.25. The molecule has 1 atom stereocenters. The van der Waals surface area contributed by atoms with Crippen LogP contribution in [0.25, 0.3) is 0 Å². The van der Waals surface area contributed by atoms with Crippen LogP contribution in [0.15, 0.2) is 47.1 Å². The van der Waals surface area contributed by atoms with Crippen LogP contribution in [0.5, 0.6) is 0 Å². The predicted molar refractivity (Wildman–Crippen MR) is 91.3 cm³/mol. The number of rotatable bonds is 6. The molecule has 0 amide bonds. The van der Waals surface area contributed by atoms with Crippen LogP contribution in [0, 0.1) is 0 Å². The first-order valence-corrected chi connectivity index (χ1v) is 8.11. The molecule has 0 fully saturated rings. The van der Waals surface area contributed by atoms with Gasteiger partial charge < -0.3 is 5.73 Å². The zero-order valence-electron chi connectivity index (χ0n) is 12.0. The van der Waals surface area contributed by atoms with E-state index in [1.807, 2.05) is 42.6 Å². The lowest BCUT2D eigenvalue weighted by Crippen LogP contribution is -2.33. The topological polar surface area (TPSA) is 42.2 Å². The highest BCUT2D eigenvalue weighted by Crippen LogP contribution is 2.30. The monoisotopic (exact) mass is 367 g/mol. The molecule has 1 aromatic carbocycles. The van der Waals surface area contributed by atoms with E-state index in [4.69, 9.17) is 17.3 Å². The van der Waals surface area contributed by atoms with Crippen molar-refractivity contribution in [2.24, 2.45) is 5.73 Å². The molecule has 3 nitrogen and oxygen atoms in total. The van der Waals surface area contributed by atoms with Gasteiger partial charge in [0, 0.05) is 34.8 Å². The molecule has 0 aliphatic heterocycles. The maximum atomic E-state index is 6.38. The SMILES string of the molecule is CCN(Cc1ccccn1)C(CN)c1ccc(Br)cc1Cl. The summed E-state index contributed by atoms with van der Waals surface area (Å²) in [6.07, 6.45) is 1.81. The van der Waals surface area contributed by atoms with Crippen molar-refractivity contribution in [1.29, 1.82) is 0 Å². The van der Waals surface area contributed by atoms with Crippen LogP contribution in [0.3, 0.4) is 0 Å². The van der Waals surface area contributed by atoms with Crippen molar-refractivity contribution < 1.29 is 0 Å². The molecule has 2 aromatic rings. The highest BCUT2D eigenvalue weighted by molar-refractivity contribution is 9.10. The number of aromatic nitrogens is 1. The number of hydrogen-bond donors (Lipinski definition) is 1. The smallest absolute Gasteiger partial charge is 0.0544 e. The van der Waals surface area contributed by atoms with E-state index in [-0.39, 0.29) is 6.04 Å². The van der Waals surface area contributed by atoms with Crippen LogP contribution in [0.4, 0.5) is 0 Å². The summed E-state index contributed by atoms with van der Waals surface area (Å²) >= 11 is 9.82. The molecule has 0 aliphatic rings. The third-order valence-corrected chi connectivity index (χ3v) is 4.30. The Morgan fingerprint density at radius 3 is 2.71 bits per heavy atom. The van der Waals surface area contributed by atoms with Gasteiger partial charge in [0.05, 0.1) is 5.69 Å². The summed E-state index contributed by atoms with van der Waals surface area (Å²) in [7, 11) is 0. The minimum Gasteiger partial charge on any atom is -0.329 e. The van der Waals surface area contributed by atoms with Crippen molar-refractivity contribution in [1.82, 2.24) is 9.88 Å². The standard InChI is InChI=1S/C16H19BrClN3/c1-2-21(11-13-5-3-4-8-20-13)16(10-19)14-7-6-12(17)9-15(14)18/h3-9,16H,2,10-11,19H2,1H3. The molecular weight excluding hydrogens is 350 g/mol. The molecule has 2 rings (SSSR count). The van der Waals surface area contributed by atoms with Gasteiger partial charge in [0.25, 0.3) is 0 Å². The summed E-state index contributed by atoms with van der Waals surface area (Å²) in [5.41, 5.74) is 8.10. The maximum absolute atomic E-state index is 6.38. The first-order valence-electron chi connectivity index (χ1n) is 6.94. The Morgan fingerprint density at radius 1 is 1.33 bits per heavy atom. The van der Waals surface area contributed by atoms with Gasteiger partial charge in [-0.1, -0.05) is 46.6 Å². The normalized spacial score (nSPS) is 12.6. The quantitative estimate of drug-likeness (QED) is 0.837. The molecule has 0 bridgehead atoms. The van der Waals surface area contributed by atoms with Crippen molar-refractivity contribution in [2.45, 2.75) is 19.5 Å². The molecule has 2 N–H and O–H groups in total. The third-order valence-electron chi connectivity index (χ3n) is 3.48. The fourth-order valence-electron chi connectivity index (χ4n) is 2.39. The lowest BCUT2D eigenvalue weighted by Gasteiger charge is -2.30. The molecule has 0 radical (unpaired) electrons. The number of halogens is 2. The Morgan fingerprint density at radius 2 is 2.14 bits per heavy atom. The van der Waals surface area contributed by atoms with E-state index in [2.05, 4.69) is 32.7 Å². The van der Waals surface area contributed by atoms with Crippen molar-refractivity contribution >= 4 is 27.5 Å². The molecule has 0 saturated carbocycles. The van der Waals surface area contributed by atoms with Crippen LogP contribution in [-0.2, 0) is 6.54 Å². The van der Waals surface area contributed by atoms with Crippen molar-refractivity contribution in [3.63, 3.8) is 0 Å². The fourth-order valence-corrected chi connectivity index (χ4v) is 3.19. The molecular formula is C16H19BrClN3. The van der Waals surface area contributed by atoms with Crippen LogP contribution in [-0.4, -0.2) is 23.0 Å². The summed E-state index contributed by atoms with van der Waals surface area (Å²) in [5.74, 6) is 0. The molecule has 21 heavy (non-hydrogen) atoms. The second-order valence-electron chi connectivity index (χ2n) is 4.80. The van der Waals surface area contributed by atoms with Gasteiger partial charge in [-0.25, -0.2) is 0 Å². The van der Waals surface area contributed by atoms with Gasteiger partial charge in [-0.2, -0.15) is 0 Å². The lowest BCUT2D eigenvalue weighted by molar-refractivity contribution is 0.201. The molecule has 0 spiro atoms. The van der Waals surface area contributed by atoms with E-state index in [1.54, 1.807) is 0 Å².